The van der Waals surface area contributed by atoms with E-state index < -0.39 is 0 Å². The normalized spacial score (nSPS) is 10.6. The van der Waals surface area contributed by atoms with E-state index in [4.69, 9.17) is 10.2 Å². The molecule has 0 amide bonds. The lowest BCUT2D eigenvalue weighted by atomic mass is 10.1. The van der Waals surface area contributed by atoms with Gasteiger partial charge in [0, 0.05) is 18.0 Å². The van der Waals surface area contributed by atoms with Crippen LogP contribution in [0.3, 0.4) is 0 Å². The van der Waals surface area contributed by atoms with Gasteiger partial charge in [0.05, 0.1) is 11.8 Å². The summed E-state index contributed by atoms with van der Waals surface area (Å²) < 4.78 is 5.35. The zero-order valence-electron chi connectivity index (χ0n) is 8.92. The van der Waals surface area contributed by atoms with E-state index in [1.165, 1.54) is 0 Å². The highest BCUT2D eigenvalue weighted by Crippen LogP contribution is 2.34. The van der Waals surface area contributed by atoms with Gasteiger partial charge in [-0.3, -0.25) is 10.1 Å². The highest BCUT2D eigenvalue weighted by molar-refractivity contribution is 5.85. The van der Waals surface area contributed by atoms with E-state index in [9.17, 15) is 0 Å². The first-order valence-corrected chi connectivity index (χ1v) is 5.14. The van der Waals surface area contributed by atoms with Crippen molar-refractivity contribution in [2.75, 3.05) is 5.73 Å². The number of aromatic amines is 1. The molecule has 0 radical (unpaired) electrons. The number of pyridine rings is 1. The molecular formula is C12H10N4O. The van der Waals surface area contributed by atoms with E-state index in [0.717, 1.165) is 16.8 Å². The molecule has 0 saturated carbocycles. The topological polar surface area (TPSA) is 80.7 Å². The van der Waals surface area contributed by atoms with Gasteiger partial charge >= 0.3 is 0 Å². The van der Waals surface area contributed by atoms with Crippen LogP contribution in [0.5, 0.6) is 0 Å². The molecule has 5 nitrogen and oxygen atoms in total. The summed E-state index contributed by atoms with van der Waals surface area (Å²) in [4.78, 5) is 4.08. The van der Waals surface area contributed by atoms with Crippen LogP contribution in [0.1, 0.15) is 0 Å². The summed E-state index contributed by atoms with van der Waals surface area (Å²) in [6, 6.07) is 7.46. The quantitative estimate of drug-likeness (QED) is 0.702. The number of hydrogen-bond donors (Lipinski definition) is 2. The average Bonchev–Trinajstić information content (AvgIpc) is 2.98. The number of H-pyrrole nitrogens is 1. The Morgan fingerprint density at radius 1 is 1.24 bits per heavy atom. The molecule has 84 valence electrons. The molecule has 0 aliphatic rings. The first-order chi connectivity index (χ1) is 8.36. The summed E-state index contributed by atoms with van der Waals surface area (Å²) in [7, 11) is 0. The van der Waals surface area contributed by atoms with E-state index in [1.54, 1.807) is 18.7 Å². The Balaban J connectivity index is 2.20. The van der Waals surface area contributed by atoms with Gasteiger partial charge in [0.25, 0.3) is 0 Å². The van der Waals surface area contributed by atoms with Crippen molar-refractivity contribution in [2.45, 2.75) is 0 Å². The molecule has 0 bridgehead atoms. The van der Waals surface area contributed by atoms with Crippen LogP contribution in [-0.2, 0) is 0 Å². The maximum absolute atomic E-state index is 5.87. The highest BCUT2D eigenvalue weighted by Gasteiger charge is 2.16. The third-order valence-corrected chi connectivity index (χ3v) is 2.51. The van der Waals surface area contributed by atoms with Crippen LogP contribution in [-0.4, -0.2) is 15.2 Å². The molecule has 3 aromatic heterocycles. The van der Waals surface area contributed by atoms with E-state index >= 15 is 0 Å². The van der Waals surface area contributed by atoms with E-state index in [2.05, 4.69) is 15.2 Å². The van der Waals surface area contributed by atoms with Crippen LogP contribution in [0, 0.1) is 0 Å². The van der Waals surface area contributed by atoms with Crippen LogP contribution in [0.15, 0.2) is 47.3 Å². The molecule has 3 aromatic rings. The Hall–Kier alpha value is -2.56. The fraction of sp³-hybridized carbons (Fsp3) is 0. The standard InChI is InChI=1S/C12H10N4O/c13-12-10(8-3-1-5-14-7-8)11(15-16-12)9-4-2-6-17-9/h1-7H,(H3,13,15,16). The van der Waals surface area contributed by atoms with Gasteiger partial charge in [0.15, 0.2) is 11.6 Å². The van der Waals surface area contributed by atoms with Crippen molar-refractivity contribution >= 4 is 5.82 Å². The monoisotopic (exact) mass is 226 g/mol. The van der Waals surface area contributed by atoms with Crippen molar-refractivity contribution in [1.29, 1.82) is 0 Å². The summed E-state index contributed by atoms with van der Waals surface area (Å²) in [5.41, 5.74) is 8.35. The van der Waals surface area contributed by atoms with Crippen molar-refractivity contribution in [1.82, 2.24) is 15.2 Å². The largest absolute Gasteiger partial charge is 0.463 e. The molecule has 0 atom stereocenters. The second-order valence-electron chi connectivity index (χ2n) is 3.58. The molecule has 3 rings (SSSR count). The number of hydrogen-bond acceptors (Lipinski definition) is 4. The fourth-order valence-corrected chi connectivity index (χ4v) is 1.76. The lowest BCUT2D eigenvalue weighted by molar-refractivity contribution is 0.580. The van der Waals surface area contributed by atoms with Crippen LogP contribution in [0.2, 0.25) is 0 Å². The van der Waals surface area contributed by atoms with Crippen LogP contribution in [0.25, 0.3) is 22.6 Å². The molecule has 0 aliphatic heterocycles. The van der Waals surface area contributed by atoms with Crippen molar-refractivity contribution in [3.8, 4) is 22.6 Å². The number of nitrogens with two attached hydrogens (primary N) is 1. The summed E-state index contributed by atoms with van der Waals surface area (Å²) >= 11 is 0. The van der Waals surface area contributed by atoms with Gasteiger partial charge < -0.3 is 10.2 Å². The van der Waals surface area contributed by atoms with Gasteiger partial charge in [-0.2, -0.15) is 5.10 Å². The van der Waals surface area contributed by atoms with Gasteiger partial charge in [-0.15, -0.1) is 0 Å². The van der Waals surface area contributed by atoms with Crippen molar-refractivity contribution < 1.29 is 4.42 Å². The third-order valence-electron chi connectivity index (χ3n) is 2.51. The predicted octanol–water partition coefficient (Wildman–Crippen LogP) is 2.31. The average molecular weight is 226 g/mol. The summed E-state index contributed by atoms with van der Waals surface area (Å²) in [5, 5.41) is 6.89. The Labute approximate surface area is 97.3 Å². The van der Waals surface area contributed by atoms with Crippen LogP contribution in [0.4, 0.5) is 5.82 Å². The number of aromatic nitrogens is 3. The fourth-order valence-electron chi connectivity index (χ4n) is 1.76. The molecule has 3 heterocycles. The Kier molecular flexibility index (Phi) is 2.15. The van der Waals surface area contributed by atoms with Crippen molar-refractivity contribution in [3.63, 3.8) is 0 Å². The molecule has 0 spiro atoms. The highest BCUT2D eigenvalue weighted by atomic mass is 16.3. The predicted molar refractivity (Wildman–Crippen MR) is 63.9 cm³/mol. The summed E-state index contributed by atoms with van der Waals surface area (Å²) in [6.07, 6.45) is 5.07. The molecule has 0 unspecified atom stereocenters. The van der Waals surface area contributed by atoms with Gasteiger partial charge in [-0.1, -0.05) is 6.07 Å². The Morgan fingerprint density at radius 2 is 2.18 bits per heavy atom. The van der Waals surface area contributed by atoms with Gasteiger partial charge in [0.2, 0.25) is 0 Å². The minimum absolute atomic E-state index is 0.435. The second kappa shape index (κ2) is 3.79. The zero-order valence-corrected chi connectivity index (χ0v) is 8.92. The summed E-state index contributed by atoms with van der Waals surface area (Å²) in [5.74, 6) is 1.14. The number of rotatable bonds is 2. The smallest absolute Gasteiger partial charge is 0.153 e. The van der Waals surface area contributed by atoms with Gasteiger partial charge in [-0.25, -0.2) is 0 Å². The zero-order chi connectivity index (χ0) is 11.7. The molecule has 5 heteroatoms. The molecule has 0 saturated heterocycles. The van der Waals surface area contributed by atoms with E-state index in [1.807, 2.05) is 24.3 Å². The van der Waals surface area contributed by atoms with E-state index in [-0.39, 0.29) is 0 Å². The Bertz CT molecular complexity index is 613. The SMILES string of the molecule is Nc1n[nH]c(-c2ccco2)c1-c1cccnc1. The molecular weight excluding hydrogens is 216 g/mol. The number of nitrogen functional groups attached to an aromatic ring is 1. The number of anilines is 1. The van der Waals surface area contributed by atoms with Gasteiger partial charge in [0.1, 0.15) is 5.69 Å². The molecule has 0 aromatic carbocycles. The van der Waals surface area contributed by atoms with E-state index in [0.29, 0.717) is 11.6 Å². The van der Waals surface area contributed by atoms with Crippen LogP contribution < -0.4 is 5.73 Å². The minimum Gasteiger partial charge on any atom is -0.463 e. The first kappa shape index (κ1) is 9.65. The van der Waals surface area contributed by atoms with Crippen molar-refractivity contribution in [3.05, 3.63) is 42.9 Å². The maximum atomic E-state index is 5.87. The second-order valence-corrected chi connectivity index (χ2v) is 3.58. The number of nitrogens with one attached hydrogen (secondary N) is 1. The first-order valence-electron chi connectivity index (χ1n) is 5.14. The molecule has 17 heavy (non-hydrogen) atoms. The number of furan rings is 1. The Morgan fingerprint density at radius 3 is 2.88 bits per heavy atom. The number of nitrogens with zero attached hydrogens (tertiary/aromatic N) is 2. The minimum atomic E-state index is 0.435. The molecule has 3 N–H and O–H groups in total. The lowest BCUT2D eigenvalue weighted by Gasteiger charge is -2.01. The van der Waals surface area contributed by atoms with Crippen LogP contribution >= 0.6 is 0 Å². The summed E-state index contributed by atoms with van der Waals surface area (Å²) in [6.45, 7) is 0. The van der Waals surface area contributed by atoms with Gasteiger partial charge in [-0.05, 0) is 18.2 Å². The van der Waals surface area contributed by atoms with Crippen molar-refractivity contribution in [2.24, 2.45) is 0 Å². The maximum Gasteiger partial charge on any atom is 0.153 e. The lowest BCUT2D eigenvalue weighted by Crippen LogP contribution is -1.88. The molecule has 0 aliphatic carbocycles. The third kappa shape index (κ3) is 1.57. The molecule has 0 fully saturated rings.